The van der Waals surface area contributed by atoms with Gasteiger partial charge in [0.15, 0.2) is 0 Å². The molecule has 0 aromatic heterocycles. The summed E-state index contributed by atoms with van der Waals surface area (Å²) in [6.07, 6.45) is 0.701. The van der Waals surface area contributed by atoms with Crippen LogP contribution in [0.25, 0.3) is 0 Å². The third-order valence-electron chi connectivity index (χ3n) is 3.68. The molecule has 0 spiro atoms. The van der Waals surface area contributed by atoms with E-state index in [9.17, 15) is 5.02 Å². The number of ether oxygens (including phenoxy) is 1. The molecule has 110 valence electrons. The minimum absolute atomic E-state index is 0.374. The summed E-state index contributed by atoms with van der Waals surface area (Å²) in [6.45, 7) is 2.40. The normalized spacial score (nSPS) is 12.9. The molecule has 0 aliphatic carbocycles. The van der Waals surface area contributed by atoms with Crippen molar-refractivity contribution in [1.29, 1.82) is 5.26 Å². The molecule has 1 heterocycles. The first-order valence-corrected chi connectivity index (χ1v) is 7.33. The van der Waals surface area contributed by atoms with Gasteiger partial charge in [0.2, 0.25) is 0 Å². The van der Waals surface area contributed by atoms with E-state index in [1.165, 1.54) is 0 Å². The first-order chi connectivity index (χ1) is 10.6. The zero-order valence-electron chi connectivity index (χ0n) is 12.0. The number of halogens is 1. The van der Waals surface area contributed by atoms with Crippen LogP contribution in [0.4, 0.5) is 0 Å². The molecule has 0 saturated heterocycles. The van der Waals surface area contributed by atoms with Crippen LogP contribution >= 0.6 is 11.6 Å². The van der Waals surface area contributed by atoms with Crippen LogP contribution in [0.15, 0.2) is 30.3 Å². The molecule has 3 rings (SSSR count). The Morgan fingerprint density at radius 2 is 2.14 bits per heavy atom. The molecule has 1 N–H and O–H groups in total. The molecule has 4 nitrogen and oxygen atoms in total. The summed E-state index contributed by atoms with van der Waals surface area (Å²) in [5.41, 5.74) is 3.14. The molecule has 0 saturated carbocycles. The molecule has 0 unspecified atom stereocenters. The highest BCUT2D eigenvalue weighted by atomic mass is 35.5. The van der Waals surface area contributed by atoms with Gasteiger partial charge in [-0.3, -0.25) is 0 Å². The van der Waals surface area contributed by atoms with Crippen LogP contribution in [-0.4, -0.2) is 12.1 Å². The zero-order valence-corrected chi connectivity index (χ0v) is 12.7. The summed E-state index contributed by atoms with van der Waals surface area (Å²) in [7, 11) is -0.912. The molecular formula is C16H13BClNO3. The van der Waals surface area contributed by atoms with Crippen molar-refractivity contribution in [2.75, 3.05) is 0 Å². The van der Waals surface area contributed by atoms with E-state index in [-0.39, 0.29) is 0 Å². The highest BCUT2D eigenvalue weighted by molar-refractivity contribution is 6.62. The van der Waals surface area contributed by atoms with E-state index in [1.807, 2.05) is 25.1 Å². The number of fused-ring (bicyclic) bond motifs is 1. The Morgan fingerprint density at radius 1 is 1.36 bits per heavy atom. The Bertz CT molecular complexity index is 773. The lowest BCUT2D eigenvalue weighted by atomic mass is 9.75. The summed E-state index contributed by atoms with van der Waals surface area (Å²) in [4.78, 5) is 0. The molecule has 1 aliphatic heterocycles. The number of hydrogen-bond donors (Lipinski definition) is 1. The Kier molecular flexibility index (Phi) is 4.08. The Hall–Kier alpha value is -2.00. The van der Waals surface area contributed by atoms with Crippen molar-refractivity contribution < 1.29 is 14.4 Å². The second-order valence-corrected chi connectivity index (χ2v) is 5.40. The lowest BCUT2D eigenvalue weighted by molar-refractivity contribution is 0.275. The summed E-state index contributed by atoms with van der Waals surface area (Å²) >= 11 is 6.15. The van der Waals surface area contributed by atoms with Crippen molar-refractivity contribution in [1.82, 2.24) is 0 Å². The van der Waals surface area contributed by atoms with Gasteiger partial charge in [0, 0.05) is 0 Å². The number of benzene rings is 2. The first kappa shape index (κ1) is 14.9. The van der Waals surface area contributed by atoms with E-state index in [1.54, 1.807) is 18.2 Å². The Balaban J connectivity index is 2.00. The lowest BCUT2D eigenvalue weighted by Crippen LogP contribution is -2.31. The van der Waals surface area contributed by atoms with E-state index < -0.39 is 7.12 Å². The number of hydrogen-bond acceptors (Lipinski definition) is 4. The molecule has 0 radical (unpaired) electrons. The average molecular weight is 314 g/mol. The fourth-order valence-corrected chi connectivity index (χ4v) is 2.83. The van der Waals surface area contributed by atoms with Gasteiger partial charge in [0.05, 0.1) is 23.3 Å². The van der Waals surface area contributed by atoms with Crippen molar-refractivity contribution >= 4 is 24.2 Å². The van der Waals surface area contributed by atoms with Gasteiger partial charge in [-0.2, -0.15) is 5.26 Å². The van der Waals surface area contributed by atoms with Gasteiger partial charge in [-0.1, -0.05) is 24.6 Å². The largest absolute Gasteiger partial charge is 0.492 e. The summed E-state index contributed by atoms with van der Waals surface area (Å²) in [5.74, 6) is 1.11. The molecule has 0 fully saturated rings. The van der Waals surface area contributed by atoms with Crippen LogP contribution in [0.5, 0.6) is 11.5 Å². The predicted molar refractivity (Wildman–Crippen MR) is 84.5 cm³/mol. The van der Waals surface area contributed by atoms with Crippen LogP contribution in [0.1, 0.15) is 23.6 Å². The van der Waals surface area contributed by atoms with E-state index in [0.717, 1.165) is 16.6 Å². The maximum absolute atomic E-state index is 9.97. The highest BCUT2D eigenvalue weighted by Gasteiger charge is 2.31. The monoisotopic (exact) mass is 313 g/mol. The van der Waals surface area contributed by atoms with Gasteiger partial charge in [0.25, 0.3) is 0 Å². The molecule has 0 amide bonds. The number of rotatable bonds is 3. The third-order valence-corrected chi connectivity index (χ3v) is 3.98. The van der Waals surface area contributed by atoms with E-state index in [4.69, 9.17) is 26.3 Å². The van der Waals surface area contributed by atoms with Crippen molar-refractivity contribution in [3.8, 4) is 17.6 Å². The maximum atomic E-state index is 9.97. The Labute approximate surface area is 134 Å². The zero-order chi connectivity index (χ0) is 15.7. The van der Waals surface area contributed by atoms with Crippen molar-refractivity contribution in [3.63, 3.8) is 0 Å². The van der Waals surface area contributed by atoms with Crippen LogP contribution in [0.2, 0.25) is 5.02 Å². The van der Waals surface area contributed by atoms with Gasteiger partial charge in [0.1, 0.15) is 11.5 Å². The van der Waals surface area contributed by atoms with Crippen LogP contribution in [0.3, 0.4) is 0 Å². The predicted octanol–water partition coefficient (Wildman–Crippen LogP) is 2.78. The van der Waals surface area contributed by atoms with Crippen LogP contribution < -0.4 is 10.2 Å². The molecule has 6 heteroatoms. The van der Waals surface area contributed by atoms with Crippen molar-refractivity contribution in [2.24, 2.45) is 0 Å². The quantitative estimate of drug-likeness (QED) is 0.885. The minimum atomic E-state index is -0.912. The molecular weight excluding hydrogens is 300 g/mol. The second kappa shape index (κ2) is 6.01. The second-order valence-electron chi connectivity index (χ2n) is 4.99. The van der Waals surface area contributed by atoms with Gasteiger partial charge in [-0.15, -0.1) is 0 Å². The maximum Gasteiger partial charge on any atom is 0.492 e. The van der Waals surface area contributed by atoms with E-state index in [0.29, 0.717) is 35.1 Å². The number of nitriles is 1. The smallest absolute Gasteiger partial charge is 0.456 e. The summed E-state index contributed by atoms with van der Waals surface area (Å²) in [5, 5.41) is 19.2. The van der Waals surface area contributed by atoms with Gasteiger partial charge >= 0.3 is 7.12 Å². The summed E-state index contributed by atoms with van der Waals surface area (Å²) in [6, 6.07) is 10.7. The molecule has 0 atom stereocenters. The van der Waals surface area contributed by atoms with Crippen molar-refractivity contribution in [2.45, 2.75) is 20.0 Å². The lowest BCUT2D eigenvalue weighted by Gasteiger charge is -2.15. The average Bonchev–Trinajstić information content (AvgIpc) is 2.90. The number of nitrogens with zero attached hydrogens (tertiary/aromatic N) is 1. The van der Waals surface area contributed by atoms with Crippen LogP contribution in [0, 0.1) is 11.3 Å². The molecule has 0 bridgehead atoms. The molecule has 2 aromatic rings. The van der Waals surface area contributed by atoms with Gasteiger partial charge < -0.3 is 14.4 Å². The SMILES string of the molecule is CCc1c(Oc2ccc(C#N)cc2Cl)ccc2c1B(O)OC2. The fraction of sp³-hybridized carbons (Fsp3) is 0.188. The van der Waals surface area contributed by atoms with Crippen molar-refractivity contribution in [3.05, 3.63) is 52.0 Å². The third kappa shape index (κ3) is 2.57. The standard InChI is InChI=1S/C16H13BClNO3/c1-2-12-14(6-4-11-9-21-17(20)16(11)12)22-15-5-3-10(8-19)7-13(15)18/h3-7,20H,2,9H2,1H3. The molecule has 2 aromatic carbocycles. The van der Waals surface area contributed by atoms with E-state index >= 15 is 0 Å². The highest BCUT2D eigenvalue weighted by Crippen LogP contribution is 2.33. The molecule has 22 heavy (non-hydrogen) atoms. The first-order valence-electron chi connectivity index (χ1n) is 6.96. The van der Waals surface area contributed by atoms with Gasteiger partial charge in [-0.25, -0.2) is 0 Å². The Morgan fingerprint density at radius 3 is 2.82 bits per heavy atom. The minimum Gasteiger partial charge on any atom is -0.456 e. The molecule has 1 aliphatic rings. The summed E-state index contributed by atoms with van der Waals surface area (Å²) < 4.78 is 11.2. The topological polar surface area (TPSA) is 62.5 Å². The van der Waals surface area contributed by atoms with Crippen LogP contribution in [-0.2, 0) is 17.7 Å². The van der Waals surface area contributed by atoms with Gasteiger partial charge in [-0.05, 0) is 47.3 Å². The fourth-order valence-electron chi connectivity index (χ4n) is 2.61. The van der Waals surface area contributed by atoms with E-state index in [2.05, 4.69) is 0 Å².